The lowest BCUT2D eigenvalue weighted by Gasteiger charge is -2.29. The topological polar surface area (TPSA) is 77.4 Å². The van der Waals surface area contributed by atoms with Crippen molar-refractivity contribution in [3.63, 3.8) is 0 Å². The minimum absolute atomic E-state index is 0.252. The van der Waals surface area contributed by atoms with Crippen molar-refractivity contribution in [3.05, 3.63) is 128 Å². The Morgan fingerprint density at radius 1 is 0.418 bits per heavy atom. The maximum atomic E-state index is 12.5. The minimum atomic E-state index is -0.252. The van der Waals surface area contributed by atoms with Gasteiger partial charge >= 0.3 is 0 Å². The number of hydrogen-bond acceptors (Lipinski definition) is 6. The zero-order valence-corrected chi connectivity index (χ0v) is 40.6. The molecule has 67 heavy (non-hydrogen) atoms. The Morgan fingerprint density at radius 2 is 0.746 bits per heavy atom. The Labute approximate surface area is 398 Å². The second-order valence-electron chi connectivity index (χ2n) is 20.1. The number of hydrogen-bond donors (Lipinski definition) is 2. The lowest BCUT2D eigenvalue weighted by Crippen LogP contribution is -2.23. The van der Waals surface area contributed by atoms with Crippen LogP contribution in [0.3, 0.4) is 0 Å². The van der Waals surface area contributed by atoms with Crippen LogP contribution < -0.4 is 18.9 Å². The Morgan fingerprint density at radius 3 is 1.09 bits per heavy atom. The van der Waals surface area contributed by atoms with Crippen LogP contribution in [0, 0.1) is 13.8 Å². The highest BCUT2D eigenvalue weighted by atomic mass is 16.5. The van der Waals surface area contributed by atoms with Gasteiger partial charge in [0.2, 0.25) is 0 Å². The van der Waals surface area contributed by atoms with Crippen LogP contribution in [0.25, 0.3) is 44.5 Å². The molecule has 0 amide bonds. The molecule has 2 N–H and O–H groups in total. The van der Waals surface area contributed by atoms with Crippen molar-refractivity contribution in [2.75, 3.05) is 14.2 Å². The molecule has 0 heterocycles. The Balaban J connectivity index is 0.958. The molecule has 4 aliphatic rings. The molecule has 0 bridgehead atoms. The predicted molar refractivity (Wildman–Crippen MR) is 272 cm³/mol. The van der Waals surface area contributed by atoms with Crippen molar-refractivity contribution in [1.82, 2.24) is 0 Å². The summed E-state index contributed by atoms with van der Waals surface area (Å²) in [6.07, 6.45) is 18.3. The van der Waals surface area contributed by atoms with E-state index in [9.17, 15) is 10.2 Å². The molecule has 0 saturated heterocycles. The SMILES string of the molecule is COc1ccc(OC(C)C[C@@H](C)Oc2ccc(OC)cc2-c2cc(C)cc(-c3c4c(cc5c3CCCC5)CCCC4)c2O)c(-c2cc(C)cc(-c3c4c(cc5c3CCCC5)CCCC4)c2O)c1. The summed E-state index contributed by atoms with van der Waals surface area (Å²) >= 11 is 0. The van der Waals surface area contributed by atoms with Crippen molar-refractivity contribution in [2.45, 2.75) is 149 Å². The largest absolute Gasteiger partial charge is 0.507 e. The van der Waals surface area contributed by atoms with E-state index in [2.05, 4.69) is 64.1 Å². The Bertz CT molecular complexity index is 2590. The standard InChI is InChI=1S/C61H68O6/c1-36-27-52(60(62)54(29-36)58-46-19-11-7-15-40(46)32-41-16-8-12-20-47(41)58)50-34-44(64-5)23-25-56(50)66-38(3)31-39(4)67-57-26-24-45(65-6)35-51(57)53-28-37(2)30-55(61(53)63)59-48-21-13-9-17-42(48)33-43-18-10-14-22-49(43)59/h23-30,32-35,38-39,62-63H,7-22,31H2,1-6H3/t38-,39?/m1/s1. The molecule has 0 radical (unpaired) electrons. The number of ether oxygens (including phenoxy) is 4. The molecule has 0 saturated carbocycles. The zero-order valence-electron chi connectivity index (χ0n) is 40.6. The van der Waals surface area contributed by atoms with Gasteiger partial charge in [0.25, 0.3) is 0 Å². The summed E-state index contributed by atoms with van der Waals surface area (Å²) in [6.45, 7) is 8.41. The first-order valence-electron chi connectivity index (χ1n) is 25.3. The van der Waals surface area contributed by atoms with Crippen molar-refractivity contribution in [3.8, 4) is 79.0 Å². The van der Waals surface area contributed by atoms with Crippen LogP contribution in [0.4, 0.5) is 0 Å². The summed E-state index contributed by atoms with van der Waals surface area (Å²) in [5.41, 5.74) is 21.2. The van der Waals surface area contributed by atoms with E-state index in [1.165, 1.54) is 107 Å². The Hall–Kier alpha value is -5.88. The average molecular weight is 897 g/mol. The molecule has 0 aliphatic heterocycles. The van der Waals surface area contributed by atoms with E-state index in [-0.39, 0.29) is 12.2 Å². The van der Waals surface area contributed by atoms with E-state index in [1.54, 1.807) is 14.2 Å². The number of aromatic hydroxyl groups is 2. The van der Waals surface area contributed by atoms with Crippen LogP contribution in [-0.2, 0) is 51.4 Å². The van der Waals surface area contributed by atoms with Gasteiger partial charge in [-0.05, 0) is 258 Å². The van der Waals surface area contributed by atoms with Crippen LogP contribution in [0.15, 0.2) is 72.8 Å². The van der Waals surface area contributed by atoms with Crippen molar-refractivity contribution < 1.29 is 29.2 Å². The van der Waals surface area contributed by atoms with E-state index >= 15 is 0 Å². The van der Waals surface area contributed by atoms with Crippen LogP contribution in [0.1, 0.15) is 127 Å². The van der Waals surface area contributed by atoms with Gasteiger partial charge in [0.1, 0.15) is 34.5 Å². The van der Waals surface area contributed by atoms with E-state index in [4.69, 9.17) is 18.9 Å². The van der Waals surface area contributed by atoms with E-state index in [0.29, 0.717) is 40.9 Å². The summed E-state index contributed by atoms with van der Waals surface area (Å²) in [6, 6.07) is 25.3. The molecule has 0 aromatic heterocycles. The van der Waals surface area contributed by atoms with Gasteiger partial charge < -0.3 is 29.2 Å². The molecule has 1 unspecified atom stereocenters. The first-order valence-corrected chi connectivity index (χ1v) is 25.3. The summed E-state index contributed by atoms with van der Waals surface area (Å²) in [7, 11) is 3.36. The molecule has 0 spiro atoms. The van der Waals surface area contributed by atoms with Gasteiger partial charge in [0.15, 0.2) is 0 Å². The van der Waals surface area contributed by atoms with Gasteiger partial charge in [-0.25, -0.2) is 0 Å². The van der Waals surface area contributed by atoms with Crippen molar-refractivity contribution in [2.24, 2.45) is 0 Å². The maximum Gasteiger partial charge on any atom is 0.131 e. The second-order valence-corrected chi connectivity index (χ2v) is 20.1. The minimum Gasteiger partial charge on any atom is -0.507 e. The fourth-order valence-electron chi connectivity index (χ4n) is 12.2. The molecule has 6 aromatic rings. The number of aryl methyl sites for hydroxylation is 6. The quantitative estimate of drug-likeness (QED) is 0.127. The van der Waals surface area contributed by atoms with Crippen LogP contribution in [0.5, 0.6) is 34.5 Å². The highest BCUT2D eigenvalue weighted by Crippen LogP contribution is 2.50. The summed E-state index contributed by atoms with van der Waals surface area (Å²) in [4.78, 5) is 0. The third-order valence-corrected chi connectivity index (χ3v) is 15.3. The third-order valence-electron chi connectivity index (χ3n) is 15.3. The number of methoxy groups -OCH3 is 2. The number of rotatable bonds is 12. The highest BCUT2D eigenvalue weighted by molar-refractivity contribution is 5.90. The average Bonchev–Trinajstić information content (AvgIpc) is 3.34. The smallest absolute Gasteiger partial charge is 0.131 e. The fraction of sp³-hybridized carbons (Fsp3) is 0.410. The molecule has 4 aliphatic carbocycles. The molecule has 6 nitrogen and oxygen atoms in total. The van der Waals surface area contributed by atoms with Gasteiger partial charge in [-0.2, -0.15) is 0 Å². The van der Waals surface area contributed by atoms with Crippen molar-refractivity contribution in [1.29, 1.82) is 0 Å². The van der Waals surface area contributed by atoms with Gasteiger partial charge in [-0.1, -0.05) is 12.1 Å². The van der Waals surface area contributed by atoms with Gasteiger partial charge in [-0.3, -0.25) is 0 Å². The van der Waals surface area contributed by atoms with E-state index < -0.39 is 0 Å². The molecule has 0 fully saturated rings. The predicted octanol–water partition coefficient (Wildman–Crippen LogP) is 14.5. The lowest BCUT2D eigenvalue weighted by molar-refractivity contribution is 0.131. The van der Waals surface area contributed by atoms with Crippen LogP contribution >= 0.6 is 0 Å². The summed E-state index contributed by atoms with van der Waals surface area (Å²) < 4.78 is 25.3. The van der Waals surface area contributed by atoms with Gasteiger partial charge in [0.05, 0.1) is 26.4 Å². The fourth-order valence-corrected chi connectivity index (χ4v) is 12.2. The molecule has 348 valence electrons. The van der Waals surface area contributed by atoms with Gasteiger partial charge in [-0.15, -0.1) is 0 Å². The van der Waals surface area contributed by atoms with Gasteiger partial charge in [0, 0.05) is 39.8 Å². The highest BCUT2D eigenvalue weighted by Gasteiger charge is 2.29. The normalized spacial score (nSPS) is 16.2. The number of phenolic OH excluding ortho intramolecular Hbond substituents is 2. The van der Waals surface area contributed by atoms with E-state index in [0.717, 1.165) is 95.9 Å². The van der Waals surface area contributed by atoms with Crippen LogP contribution in [-0.4, -0.2) is 36.6 Å². The maximum absolute atomic E-state index is 12.5. The third kappa shape index (κ3) is 8.78. The lowest BCUT2D eigenvalue weighted by atomic mass is 9.76. The Kier molecular flexibility index (Phi) is 12.8. The monoisotopic (exact) mass is 897 g/mol. The number of phenols is 2. The first kappa shape index (κ1) is 44.9. The number of benzene rings is 6. The zero-order chi connectivity index (χ0) is 46.3. The number of fused-ring (bicyclic) bond motifs is 4. The molecule has 6 heteroatoms. The van der Waals surface area contributed by atoms with Crippen LogP contribution in [0.2, 0.25) is 0 Å². The molecular weight excluding hydrogens is 829 g/mol. The summed E-state index contributed by atoms with van der Waals surface area (Å²) in [5.74, 6) is 3.34. The summed E-state index contributed by atoms with van der Waals surface area (Å²) in [5, 5.41) is 25.0. The van der Waals surface area contributed by atoms with Crippen molar-refractivity contribution >= 4 is 0 Å². The molecule has 6 aromatic carbocycles. The second kappa shape index (κ2) is 19.0. The van der Waals surface area contributed by atoms with E-state index in [1.807, 2.05) is 36.4 Å². The molecular formula is C61H68O6. The molecule has 10 rings (SSSR count). The molecule has 2 atom stereocenters. The first-order chi connectivity index (χ1) is 32.6.